The summed E-state index contributed by atoms with van der Waals surface area (Å²) in [6.45, 7) is 12.4. The monoisotopic (exact) mass is 802 g/mol. The van der Waals surface area contributed by atoms with Crippen molar-refractivity contribution in [3.05, 3.63) is 12.7 Å². The second kappa shape index (κ2) is 13.7. The summed E-state index contributed by atoms with van der Waals surface area (Å²) in [6.07, 6.45) is -6.00. The molecular formula is C37H52F6O12. The van der Waals surface area contributed by atoms with Gasteiger partial charge in [-0.2, -0.15) is 26.3 Å². The number of aliphatic carboxylic acids is 1. The third-order valence-corrected chi connectivity index (χ3v) is 14.1. The van der Waals surface area contributed by atoms with Gasteiger partial charge in [0, 0.05) is 36.5 Å². The maximum Gasteiger partial charge on any atom is 0.443 e. The highest BCUT2D eigenvalue weighted by atomic mass is 19.4. The number of halogens is 6. The summed E-state index contributed by atoms with van der Waals surface area (Å²) in [6, 6.07) is 0. The summed E-state index contributed by atoms with van der Waals surface area (Å²) in [5.41, 5.74) is -2.24. The molecule has 10 aliphatic rings. The van der Waals surface area contributed by atoms with Crippen LogP contribution in [0.4, 0.5) is 26.3 Å². The third kappa shape index (κ3) is 6.12. The number of carbonyl (C=O) groups is 1. The van der Waals surface area contributed by atoms with Gasteiger partial charge in [-0.15, -0.1) is 6.58 Å². The van der Waals surface area contributed by atoms with Crippen LogP contribution in [-0.4, -0.2) is 83.6 Å². The molecule has 10 rings (SSSR count). The number of hydrogen-bond acceptors (Lipinski definition) is 11. The van der Waals surface area contributed by atoms with Crippen LogP contribution in [0.1, 0.15) is 92.9 Å². The Balaban J connectivity index is 0.000000169. The van der Waals surface area contributed by atoms with E-state index in [1.807, 2.05) is 6.92 Å². The van der Waals surface area contributed by atoms with E-state index >= 15 is 0 Å². The first kappa shape index (κ1) is 41.5. The highest BCUT2D eigenvalue weighted by Crippen LogP contribution is 2.66. The number of alkyl halides is 6. The molecule has 2 aliphatic carbocycles. The average Bonchev–Trinajstić information content (AvgIpc) is 3.47. The minimum atomic E-state index is -4.96. The second-order valence-corrected chi connectivity index (χ2v) is 17.2. The summed E-state index contributed by atoms with van der Waals surface area (Å²) in [4.78, 5) is 33.8. The average molecular weight is 803 g/mol. The van der Waals surface area contributed by atoms with Gasteiger partial charge < -0.3 is 33.5 Å². The molecule has 0 aromatic rings. The van der Waals surface area contributed by atoms with Crippen molar-refractivity contribution in [3.8, 4) is 0 Å². The lowest BCUT2D eigenvalue weighted by Crippen LogP contribution is -2.76. The number of carboxylic acids is 1. The van der Waals surface area contributed by atoms with Gasteiger partial charge in [-0.05, 0) is 76.0 Å². The fourth-order valence-electron chi connectivity index (χ4n) is 11.3. The topological polar surface area (TPSA) is 130 Å². The van der Waals surface area contributed by atoms with E-state index in [1.165, 1.54) is 19.9 Å². The van der Waals surface area contributed by atoms with E-state index in [9.17, 15) is 31.1 Å². The van der Waals surface area contributed by atoms with Crippen LogP contribution in [0, 0.1) is 47.3 Å². The van der Waals surface area contributed by atoms with E-state index in [1.54, 1.807) is 13.8 Å². The maximum atomic E-state index is 14.3. The molecule has 12 nitrogen and oxygen atoms in total. The van der Waals surface area contributed by atoms with Crippen molar-refractivity contribution in [2.45, 2.75) is 152 Å². The Kier molecular flexibility index (Phi) is 10.4. The number of fused-ring (bicyclic) bond motifs is 4. The lowest BCUT2D eigenvalue weighted by molar-refractivity contribution is -0.598. The van der Waals surface area contributed by atoms with E-state index < -0.39 is 95.5 Å². The first-order chi connectivity index (χ1) is 25.5. The molecule has 8 saturated heterocycles. The highest BCUT2D eigenvalue weighted by Gasteiger charge is 2.79. The molecule has 55 heavy (non-hydrogen) atoms. The Morgan fingerprint density at radius 2 is 1.09 bits per heavy atom. The van der Waals surface area contributed by atoms with E-state index in [4.69, 9.17) is 53.1 Å². The Bertz CT molecular complexity index is 1480. The Labute approximate surface area is 315 Å². The molecule has 8 aliphatic heterocycles. The number of ether oxygens (including phenoxy) is 6. The summed E-state index contributed by atoms with van der Waals surface area (Å²) in [7, 11) is 0. The SMILES string of the molecule is C=CCO[C@@]1(C(F)(F)F)O[C@@H]2O[C@@]3(C)CC[C@H]4[C@H](C)CC[C@@H]([C@H]1C)[C@@]24OO3.C[C@@H]1CC[C@H]2[C@@H](C)[C@](OCC(=O)O)(C(F)(F)F)O[C@@H]3O[C@@]4(C)CC[C@@H]1[C@]32OO4. The molecule has 0 radical (unpaired) electrons. The van der Waals surface area contributed by atoms with Crippen LogP contribution in [0.3, 0.4) is 0 Å². The van der Waals surface area contributed by atoms with Gasteiger partial charge in [0.1, 0.15) is 6.61 Å². The van der Waals surface area contributed by atoms with E-state index in [0.717, 1.165) is 19.3 Å². The second-order valence-electron chi connectivity index (χ2n) is 17.2. The fourth-order valence-corrected chi connectivity index (χ4v) is 11.3. The Morgan fingerprint density at radius 3 is 1.47 bits per heavy atom. The van der Waals surface area contributed by atoms with E-state index in [-0.39, 0.29) is 30.3 Å². The van der Waals surface area contributed by atoms with Gasteiger partial charge in [-0.1, -0.05) is 33.8 Å². The van der Waals surface area contributed by atoms with Gasteiger partial charge in [0.2, 0.25) is 11.6 Å². The minimum absolute atomic E-state index is 0.00124. The largest absolute Gasteiger partial charge is 0.480 e. The Hall–Kier alpha value is -1.61. The lowest BCUT2D eigenvalue weighted by atomic mass is 9.57. The quantitative estimate of drug-likeness (QED) is 0.162. The van der Waals surface area contributed by atoms with Gasteiger partial charge in [0.15, 0.2) is 23.8 Å². The van der Waals surface area contributed by atoms with Gasteiger partial charge in [0.05, 0.1) is 6.61 Å². The highest BCUT2D eigenvalue weighted by molar-refractivity contribution is 5.68. The predicted molar refractivity (Wildman–Crippen MR) is 173 cm³/mol. The molecule has 0 aromatic carbocycles. The van der Waals surface area contributed by atoms with Crippen LogP contribution in [0.25, 0.3) is 0 Å². The van der Waals surface area contributed by atoms with E-state index in [2.05, 4.69) is 13.5 Å². The van der Waals surface area contributed by atoms with Gasteiger partial charge in [-0.3, -0.25) is 0 Å². The summed E-state index contributed by atoms with van der Waals surface area (Å²) < 4.78 is 119. The normalized spacial score (nSPS) is 51.4. The van der Waals surface area contributed by atoms with Gasteiger partial charge >= 0.3 is 18.3 Å². The molecule has 8 heterocycles. The molecule has 0 aromatic heterocycles. The van der Waals surface area contributed by atoms with Crippen molar-refractivity contribution in [2.24, 2.45) is 47.3 Å². The van der Waals surface area contributed by atoms with Crippen LogP contribution in [-0.2, 0) is 52.8 Å². The van der Waals surface area contributed by atoms with E-state index in [0.29, 0.717) is 32.1 Å². The molecule has 2 spiro atoms. The van der Waals surface area contributed by atoms with Gasteiger partial charge in [-0.25, -0.2) is 24.3 Å². The molecule has 1 N–H and O–H groups in total. The first-order valence-corrected chi connectivity index (χ1v) is 19.2. The fraction of sp³-hybridized carbons (Fsp3) is 0.919. The number of carboxylic acid groups (broad SMARTS) is 1. The van der Waals surface area contributed by atoms with Crippen molar-refractivity contribution >= 4 is 5.97 Å². The standard InChI is InChI=1S/C19H27F3O5.C18H25F3O7/c1-5-10-23-18(19(20,21)22)12(3)14-7-6-11(2)13-8-9-16(4)24-15(25-18)17(13,14)27-26-16;1-9-4-5-12-10(2)17(18(19,20)21,24-8-13(22)23)26-14-16(12)11(9)6-7-15(3,25-14)27-28-16/h5,11-15H,1,6-10H2,2-4H3;9-12,14H,4-8H2,1-3H3,(H,22,23)/t11-,12-,13+,14+,15+,16-,17-,18-;9-,10-,11+,12+,14+,15-,16-,17-/m11/s1. The summed E-state index contributed by atoms with van der Waals surface area (Å²) >= 11 is 0. The van der Waals surface area contributed by atoms with Crippen LogP contribution >= 0.6 is 0 Å². The smallest absolute Gasteiger partial charge is 0.443 e. The molecule has 18 heteroatoms. The maximum absolute atomic E-state index is 14.3. The summed E-state index contributed by atoms with van der Waals surface area (Å²) in [5, 5.41) is 8.92. The zero-order valence-corrected chi connectivity index (χ0v) is 31.8. The van der Waals surface area contributed by atoms with Crippen molar-refractivity contribution in [2.75, 3.05) is 13.2 Å². The zero-order chi connectivity index (χ0) is 40.2. The molecule has 16 atom stereocenters. The first-order valence-electron chi connectivity index (χ1n) is 19.2. The summed E-state index contributed by atoms with van der Waals surface area (Å²) in [5.74, 6) is -12.7. The zero-order valence-electron chi connectivity index (χ0n) is 31.8. The van der Waals surface area contributed by atoms with Gasteiger partial charge in [0.25, 0.3) is 11.6 Å². The number of rotatable bonds is 6. The molecular weight excluding hydrogens is 750 g/mol. The number of hydrogen-bond donors (Lipinski definition) is 1. The van der Waals surface area contributed by atoms with Crippen LogP contribution < -0.4 is 0 Å². The molecule has 0 unspecified atom stereocenters. The molecule has 314 valence electrons. The van der Waals surface area contributed by atoms with Crippen molar-refractivity contribution in [1.29, 1.82) is 0 Å². The predicted octanol–water partition coefficient (Wildman–Crippen LogP) is 7.56. The van der Waals surface area contributed by atoms with Crippen LogP contribution in [0.5, 0.6) is 0 Å². The van der Waals surface area contributed by atoms with Crippen molar-refractivity contribution < 1.29 is 84.2 Å². The molecule has 0 amide bonds. The van der Waals surface area contributed by atoms with Crippen LogP contribution in [0.15, 0.2) is 12.7 Å². The lowest BCUT2D eigenvalue weighted by Gasteiger charge is -2.62. The van der Waals surface area contributed by atoms with Crippen molar-refractivity contribution in [3.63, 3.8) is 0 Å². The molecule has 10 fully saturated rings. The van der Waals surface area contributed by atoms with Crippen LogP contribution in [0.2, 0.25) is 0 Å². The Morgan fingerprint density at radius 1 is 0.673 bits per heavy atom. The molecule has 4 bridgehead atoms. The third-order valence-electron chi connectivity index (χ3n) is 14.1. The molecule has 2 saturated carbocycles. The van der Waals surface area contributed by atoms with Crippen molar-refractivity contribution in [1.82, 2.24) is 0 Å². The minimum Gasteiger partial charge on any atom is -0.480 e.